The van der Waals surface area contributed by atoms with Gasteiger partial charge in [-0.2, -0.15) is 0 Å². The molecule has 0 aromatic carbocycles. The molecule has 0 aromatic heterocycles. The summed E-state index contributed by atoms with van der Waals surface area (Å²) in [5.74, 6) is -0.161. The first-order valence-electron chi connectivity index (χ1n) is 7.56. The Labute approximate surface area is 133 Å². The number of esters is 1. The molecule has 0 spiro atoms. The maximum atomic E-state index is 12.2. The van der Waals surface area contributed by atoms with E-state index in [1.165, 1.54) is 0 Å². The molecule has 1 fully saturated rings. The molecule has 3 atom stereocenters. The van der Waals surface area contributed by atoms with E-state index in [1.54, 1.807) is 0 Å². The van der Waals surface area contributed by atoms with Crippen LogP contribution in [0.3, 0.4) is 0 Å². The van der Waals surface area contributed by atoms with Crippen LogP contribution in [-0.2, 0) is 14.3 Å². The van der Waals surface area contributed by atoms with Crippen molar-refractivity contribution < 1.29 is 14.3 Å². The summed E-state index contributed by atoms with van der Waals surface area (Å²) in [6.07, 6.45) is 2.81. The molecule has 0 bridgehead atoms. The molecule has 6 heteroatoms. The van der Waals surface area contributed by atoms with Crippen molar-refractivity contribution in [1.82, 2.24) is 5.32 Å². The third kappa shape index (κ3) is 7.14. The normalized spacial score (nSPS) is 22.8. The lowest BCUT2D eigenvalue weighted by atomic mass is 10.0. The Morgan fingerprint density at radius 2 is 1.86 bits per heavy atom. The molecule has 1 saturated carbocycles. The SMILES string of the molecule is CC(C)C[C@H](NC(=O)C1CCC(N)C1)C(=O)OC(C)C.Cl. The van der Waals surface area contributed by atoms with Crippen LogP contribution >= 0.6 is 12.4 Å². The Kier molecular flexibility index (Phi) is 8.90. The first-order valence-corrected chi connectivity index (χ1v) is 7.56. The van der Waals surface area contributed by atoms with Crippen molar-refractivity contribution in [3.05, 3.63) is 0 Å². The Balaban J connectivity index is 0.00000400. The van der Waals surface area contributed by atoms with Crippen molar-refractivity contribution in [2.45, 2.75) is 71.6 Å². The van der Waals surface area contributed by atoms with Gasteiger partial charge in [0.2, 0.25) is 5.91 Å². The maximum Gasteiger partial charge on any atom is 0.328 e. The number of carbonyl (C=O) groups is 2. The minimum atomic E-state index is -0.554. The summed E-state index contributed by atoms with van der Waals surface area (Å²) in [5, 5.41) is 2.85. The van der Waals surface area contributed by atoms with Gasteiger partial charge in [-0.15, -0.1) is 12.4 Å². The molecule has 0 aromatic rings. The van der Waals surface area contributed by atoms with E-state index in [-0.39, 0.29) is 42.3 Å². The van der Waals surface area contributed by atoms with Gasteiger partial charge in [-0.05, 0) is 45.4 Å². The molecule has 2 unspecified atom stereocenters. The number of nitrogens with one attached hydrogen (secondary N) is 1. The monoisotopic (exact) mass is 320 g/mol. The van der Waals surface area contributed by atoms with Crippen molar-refractivity contribution >= 4 is 24.3 Å². The molecule has 0 heterocycles. The number of rotatable bonds is 6. The molecular weight excluding hydrogens is 292 g/mol. The molecule has 1 aliphatic rings. The van der Waals surface area contributed by atoms with Gasteiger partial charge in [-0.3, -0.25) is 4.79 Å². The second kappa shape index (κ2) is 9.26. The second-order valence-electron chi connectivity index (χ2n) is 6.45. The van der Waals surface area contributed by atoms with Crippen LogP contribution in [0.15, 0.2) is 0 Å². The molecule has 5 nitrogen and oxygen atoms in total. The minimum absolute atomic E-state index is 0. The lowest BCUT2D eigenvalue weighted by Crippen LogP contribution is -2.45. The largest absolute Gasteiger partial charge is 0.461 e. The Morgan fingerprint density at radius 1 is 1.24 bits per heavy atom. The van der Waals surface area contributed by atoms with Gasteiger partial charge in [0.25, 0.3) is 0 Å². The van der Waals surface area contributed by atoms with Crippen LogP contribution in [0.25, 0.3) is 0 Å². The first kappa shape index (κ1) is 20.2. The average molecular weight is 321 g/mol. The highest BCUT2D eigenvalue weighted by molar-refractivity contribution is 5.86. The van der Waals surface area contributed by atoms with Crippen LogP contribution in [0.5, 0.6) is 0 Å². The van der Waals surface area contributed by atoms with Crippen LogP contribution in [0, 0.1) is 11.8 Å². The van der Waals surface area contributed by atoms with Crippen molar-refractivity contribution in [1.29, 1.82) is 0 Å². The summed E-state index contributed by atoms with van der Waals surface area (Å²) in [6.45, 7) is 7.66. The average Bonchev–Trinajstić information content (AvgIpc) is 2.73. The third-order valence-corrected chi connectivity index (χ3v) is 3.50. The molecule has 0 radical (unpaired) electrons. The number of hydrogen-bond donors (Lipinski definition) is 2. The molecule has 124 valence electrons. The number of halogens is 1. The van der Waals surface area contributed by atoms with Crippen LogP contribution < -0.4 is 11.1 Å². The summed E-state index contributed by atoms with van der Waals surface area (Å²) in [7, 11) is 0. The molecular formula is C15H29ClN2O3. The van der Waals surface area contributed by atoms with Crippen LogP contribution in [0.4, 0.5) is 0 Å². The molecule has 21 heavy (non-hydrogen) atoms. The predicted octanol–water partition coefficient (Wildman–Crippen LogP) is 2.02. The summed E-state index contributed by atoms with van der Waals surface area (Å²) >= 11 is 0. The fraction of sp³-hybridized carbons (Fsp3) is 0.867. The van der Waals surface area contributed by atoms with Crippen LogP contribution in [0.2, 0.25) is 0 Å². The fourth-order valence-electron chi connectivity index (χ4n) is 2.54. The molecule has 1 rings (SSSR count). The second-order valence-corrected chi connectivity index (χ2v) is 6.45. The van der Waals surface area contributed by atoms with E-state index in [0.717, 1.165) is 12.8 Å². The number of amides is 1. The smallest absolute Gasteiger partial charge is 0.328 e. The van der Waals surface area contributed by atoms with Gasteiger partial charge in [0.15, 0.2) is 0 Å². The van der Waals surface area contributed by atoms with Gasteiger partial charge in [-0.1, -0.05) is 13.8 Å². The number of hydrogen-bond acceptors (Lipinski definition) is 4. The molecule has 3 N–H and O–H groups in total. The number of carbonyl (C=O) groups excluding carboxylic acids is 2. The van der Waals surface area contributed by atoms with E-state index < -0.39 is 6.04 Å². The van der Waals surface area contributed by atoms with Crippen LogP contribution in [0.1, 0.15) is 53.4 Å². The van der Waals surface area contributed by atoms with Crippen LogP contribution in [-0.4, -0.2) is 30.1 Å². The zero-order valence-electron chi connectivity index (χ0n) is 13.4. The van der Waals surface area contributed by atoms with Crippen molar-refractivity contribution in [2.75, 3.05) is 0 Å². The Hall–Kier alpha value is -0.810. The third-order valence-electron chi connectivity index (χ3n) is 3.50. The lowest BCUT2D eigenvalue weighted by molar-refractivity contribution is -0.152. The highest BCUT2D eigenvalue weighted by Crippen LogP contribution is 2.24. The number of ether oxygens (including phenoxy) is 1. The highest BCUT2D eigenvalue weighted by Gasteiger charge is 2.31. The van der Waals surface area contributed by atoms with Gasteiger partial charge < -0.3 is 15.8 Å². The Bertz CT molecular complexity index is 348. The van der Waals surface area contributed by atoms with E-state index >= 15 is 0 Å². The van der Waals surface area contributed by atoms with Gasteiger partial charge in [0.1, 0.15) is 6.04 Å². The predicted molar refractivity (Wildman–Crippen MR) is 85.2 cm³/mol. The highest BCUT2D eigenvalue weighted by atomic mass is 35.5. The quantitative estimate of drug-likeness (QED) is 0.734. The Morgan fingerprint density at radius 3 is 2.29 bits per heavy atom. The fourth-order valence-corrected chi connectivity index (χ4v) is 2.54. The first-order chi connectivity index (χ1) is 9.29. The summed E-state index contributed by atoms with van der Waals surface area (Å²) in [4.78, 5) is 24.2. The van der Waals surface area contributed by atoms with E-state index in [1.807, 2.05) is 27.7 Å². The van der Waals surface area contributed by atoms with Crippen molar-refractivity contribution in [3.63, 3.8) is 0 Å². The molecule has 0 saturated heterocycles. The van der Waals surface area contributed by atoms with Crippen molar-refractivity contribution in [2.24, 2.45) is 17.6 Å². The maximum absolute atomic E-state index is 12.2. The summed E-state index contributed by atoms with van der Waals surface area (Å²) < 4.78 is 5.22. The van der Waals surface area contributed by atoms with E-state index in [2.05, 4.69) is 5.32 Å². The van der Waals surface area contributed by atoms with E-state index in [9.17, 15) is 9.59 Å². The zero-order chi connectivity index (χ0) is 15.3. The van der Waals surface area contributed by atoms with E-state index in [4.69, 9.17) is 10.5 Å². The van der Waals surface area contributed by atoms with Crippen molar-refractivity contribution in [3.8, 4) is 0 Å². The zero-order valence-corrected chi connectivity index (χ0v) is 14.2. The standard InChI is InChI=1S/C15H28N2O3.ClH/c1-9(2)7-13(15(19)20-10(3)4)17-14(18)11-5-6-12(16)8-11;/h9-13H,5-8,16H2,1-4H3,(H,17,18);1H/t11?,12?,13-;/m0./s1. The van der Waals surface area contributed by atoms with E-state index in [0.29, 0.717) is 18.8 Å². The topological polar surface area (TPSA) is 81.4 Å². The molecule has 1 aliphatic carbocycles. The number of nitrogens with two attached hydrogens (primary N) is 1. The lowest BCUT2D eigenvalue weighted by Gasteiger charge is -2.22. The molecule has 0 aliphatic heterocycles. The summed E-state index contributed by atoms with van der Waals surface area (Å²) in [5.41, 5.74) is 5.83. The van der Waals surface area contributed by atoms with Gasteiger partial charge in [0, 0.05) is 12.0 Å². The van der Waals surface area contributed by atoms with Gasteiger partial charge in [0.05, 0.1) is 6.10 Å². The minimum Gasteiger partial charge on any atom is -0.461 e. The molecule has 1 amide bonds. The van der Waals surface area contributed by atoms with Gasteiger partial charge in [-0.25, -0.2) is 4.79 Å². The summed E-state index contributed by atoms with van der Waals surface area (Å²) in [6, 6.07) is -0.446. The van der Waals surface area contributed by atoms with Gasteiger partial charge >= 0.3 is 5.97 Å².